The van der Waals surface area contributed by atoms with Crippen molar-refractivity contribution in [1.82, 2.24) is 0 Å². The molecule has 0 aliphatic rings. The number of carbonyl (C=O) groups is 2. The van der Waals surface area contributed by atoms with Gasteiger partial charge in [0.1, 0.15) is 6.61 Å². The van der Waals surface area contributed by atoms with Crippen LogP contribution in [0.4, 0.5) is 22.0 Å². The van der Waals surface area contributed by atoms with Gasteiger partial charge in [0, 0.05) is 6.42 Å². The molecule has 0 spiro atoms. The Kier molecular flexibility index (Phi) is 25.0. The van der Waals surface area contributed by atoms with Crippen LogP contribution in [-0.2, 0) is 47.5 Å². The number of carbonyl (C=O) groups excluding carboxylic acids is 2. The summed E-state index contributed by atoms with van der Waals surface area (Å²) in [6.45, 7) is 6.46. The second kappa shape index (κ2) is 27.6. The van der Waals surface area contributed by atoms with Crippen LogP contribution in [0.5, 0.6) is 5.75 Å². The molecule has 1 aromatic carbocycles. The molecule has 0 N–H and O–H groups in total. The Labute approximate surface area is 265 Å². The van der Waals surface area contributed by atoms with E-state index < -0.39 is 47.2 Å². The van der Waals surface area contributed by atoms with Crippen LogP contribution in [0.2, 0.25) is 0 Å². The van der Waals surface area contributed by atoms with Gasteiger partial charge in [0.25, 0.3) is 0 Å². The Balaban J connectivity index is 1.80. The second-order valence-corrected chi connectivity index (χ2v) is 9.44. The number of hydrogen-bond acceptors (Lipinski definition) is 11. The van der Waals surface area contributed by atoms with Gasteiger partial charge in [0.15, 0.2) is 0 Å². The number of hydrogen-bond donors (Lipinski definition) is 0. The van der Waals surface area contributed by atoms with Crippen LogP contribution >= 0.6 is 0 Å². The van der Waals surface area contributed by atoms with E-state index >= 15 is 0 Å². The fourth-order valence-electron chi connectivity index (χ4n) is 3.40. The summed E-state index contributed by atoms with van der Waals surface area (Å²) in [5, 5.41) is 0. The highest BCUT2D eigenvalue weighted by Crippen LogP contribution is 2.29. The topological polar surface area (TPSA) is 117 Å². The minimum absolute atomic E-state index is 0.0791. The van der Waals surface area contributed by atoms with Crippen molar-refractivity contribution < 1.29 is 74.2 Å². The number of halogens is 5. The second-order valence-electron chi connectivity index (χ2n) is 9.44. The predicted octanol–water partition coefficient (Wildman–Crippen LogP) is 4.31. The third-order valence-electron chi connectivity index (χ3n) is 5.79. The molecule has 0 saturated heterocycles. The maximum absolute atomic E-state index is 13.5. The monoisotopic (exact) mass is 676 g/mol. The molecular formula is C30H45F5O11. The Morgan fingerprint density at radius 2 is 0.804 bits per heavy atom. The van der Waals surface area contributed by atoms with Crippen molar-refractivity contribution in [2.75, 3.05) is 99.1 Å². The fourth-order valence-corrected chi connectivity index (χ4v) is 3.40. The first kappa shape index (κ1) is 41.6. The molecule has 266 valence electrons. The summed E-state index contributed by atoms with van der Waals surface area (Å²) in [7, 11) is 0. The third kappa shape index (κ3) is 19.9. The molecule has 0 aliphatic heterocycles. The SMILES string of the molecule is CCCCCCC(=O)OCCOCCOCCOCCOCCOCCOCCOCCC(=O)Oc1c(F)c(F)c(F)c(F)c1F. The van der Waals surface area contributed by atoms with E-state index in [1.165, 1.54) is 0 Å². The van der Waals surface area contributed by atoms with Gasteiger partial charge >= 0.3 is 11.9 Å². The van der Waals surface area contributed by atoms with Crippen LogP contribution in [0, 0.1) is 29.1 Å². The van der Waals surface area contributed by atoms with Gasteiger partial charge in [-0.3, -0.25) is 9.59 Å². The molecule has 0 bridgehead atoms. The number of benzene rings is 1. The van der Waals surface area contributed by atoms with Crippen LogP contribution in [0.3, 0.4) is 0 Å². The lowest BCUT2D eigenvalue weighted by Gasteiger charge is -2.09. The molecule has 46 heavy (non-hydrogen) atoms. The highest BCUT2D eigenvalue weighted by molar-refractivity contribution is 5.72. The molecule has 0 radical (unpaired) electrons. The van der Waals surface area contributed by atoms with Gasteiger partial charge < -0.3 is 42.6 Å². The standard InChI is InChI=1S/C30H45F5O11/c1-2-3-4-5-6-23(36)45-22-21-44-20-19-43-18-17-42-16-15-41-14-13-40-12-11-39-10-9-38-8-7-24(37)46-30-28(34)26(32)25(31)27(33)29(30)35/h2-22H2,1H3. The highest BCUT2D eigenvalue weighted by Gasteiger charge is 2.28. The maximum Gasteiger partial charge on any atom is 0.313 e. The summed E-state index contributed by atoms with van der Waals surface area (Å²) < 4.78 is 113. The van der Waals surface area contributed by atoms with E-state index in [9.17, 15) is 31.5 Å². The highest BCUT2D eigenvalue weighted by atomic mass is 19.2. The first-order chi connectivity index (χ1) is 22.3. The number of unbranched alkanes of at least 4 members (excludes halogenated alkanes) is 3. The molecule has 0 amide bonds. The van der Waals surface area contributed by atoms with E-state index in [0.29, 0.717) is 72.5 Å². The molecule has 0 fully saturated rings. The van der Waals surface area contributed by atoms with Crippen LogP contribution in [0.25, 0.3) is 0 Å². The molecule has 16 heteroatoms. The van der Waals surface area contributed by atoms with Crippen molar-refractivity contribution >= 4 is 11.9 Å². The Hall–Kier alpha value is -2.47. The van der Waals surface area contributed by atoms with Crippen molar-refractivity contribution in [2.45, 2.75) is 45.4 Å². The number of esters is 2. The minimum Gasteiger partial charge on any atom is -0.463 e. The normalized spacial score (nSPS) is 11.3. The van der Waals surface area contributed by atoms with Gasteiger partial charge in [-0.05, 0) is 6.42 Å². The summed E-state index contributed by atoms with van der Waals surface area (Å²) in [6.07, 6.45) is 4.12. The zero-order valence-corrected chi connectivity index (χ0v) is 26.2. The smallest absolute Gasteiger partial charge is 0.313 e. The molecular weight excluding hydrogens is 631 g/mol. The Bertz CT molecular complexity index is 943. The van der Waals surface area contributed by atoms with Gasteiger partial charge in [-0.2, -0.15) is 8.78 Å². The molecule has 0 aromatic heterocycles. The van der Waals surface area contributed by atoms with Crippen molar-refractivity contribution in [1.29, 1.82) is 0 Å². The lowest BCUT2D eigenvalue weighted by molar-refractivity contribution is -0.145. The van der Waals surface area contributed by atoms with E-state index in [0.717, 1.165) is 25.7 Å². The fraction of sp³-hybridized carbons (Fsp3) is 0.733. The van der Waals surface area contributed by atoms with Crippen molar-refractivity contribution in [3.05, 3.63) is 29.1 Å². The molecule has 1 aromatic rings. The summed E-state index contributed by atoms with van der Waals surface area (Å²) in [5.74, 6) is -14.3. The first-order valence-corrected chi connectivity index (χ1v) is 15.2. The van der Waals surface area contributed by atoms with E-state index in [2.05, 4.69) is 11.7 Å². The summed E-state index contributed by atoms with van der Waals surface area (Å²) >= 11 is 0. The minimum atomic E-state index is -2.35. The van der Waals surface area contributed by atoms with Crippen LogP contribution in [0.15, 0.2) is 0 Å². The van der Waals surface area contributed by atoms with Crippen molar-refractivity contribution in [2.24, 2.45) is 0 Å². The van der Waals surface area contributed by atoms with Crippen molar-refractivity contribution in [3.63, 3.8) is 0 Å². The van der Waals surface area contributed by atoms with Gasteiger partial charge in [0.05, 0.1) is 98.9 Å². The predicted molar refractivity (Wildman–Crippen MR) is 152 cm³/mol. The molecule has 1 rings (SSSR count). The summed E-state index contributed by atoms with van der Waals surface area (Å²) in [4.78, 5) is 23.1. The summed E-state index contributed by atoms with van der Waals surface area (Å²) in [6, 6.07) is 0. The van der Waals surface area contributed by atoms with Gasteiger partial charge in [-0.1, -0.05) is 26.2 Å². The summed E-state index contributed by atoms with van der Waals surface area (Å²) in [5.41, 5.74) is 0. The first-order valence-electron chi connectivity index (χ1n) is 15.2. The van der Waals surface area contributed by atoms with Gasteiger partial charge in [-0.15, -0.1) is 0 Å². The van der Waals surface area contributed by atoms with Crippen LogP contribution in [-0.4, -0.2) is 111 Å². The number of ether oxygens (including phenoxy) is 9. The quantitative estimate of drug-likeness (QED) is 0.0290. The maximum atomic E-state index is 13.5. The third-order valence-corrected chi connectivity index (χ3v) is 5.79. The van der Waals surface area contributed by atoms with E-state index in [-0.39, 0.29) is 39.0 Å². The molecule has 0 heterocycles. The molecule has 11 nitrogen and oxygen atoms in total. The Morgan fingerprint density at radius 3 is 1.22 bits per heavy atom. The largest absolute Gasteiger partial charge is 0.463 e. The van der Waals surface area contributed by atoms with E-state index in [1.54, 1.807) is 0 Å². The zero-order chi connectivity index (χ0) is 33.8. The lowest BCUT2D eigenvalue weighted by atomic mass is 10.2. The molecule has 0 unspecified atom stereocenters. The van der Waals surface area contributed by atoms with E-state index in [1.807, 2.05) is 0 Å². The average molecular weight is 677 g/mol. The van der Waals surface area contributed by atoms with Gasteiger partial charge in [-0.25, -0.2) is 13.2 Å². The molecule has 0 atom stereocenters. The number of rotatable bonds is 30. The van der Waals surface area contributed by atoms with Crippen molar-refractivity contribution in [3.8, 4) is 5.75 Å². The van der Waals surface area contributed by atoms with E-state index in [4.69, 9.17) is 37.9 Å². The average Bonchev–Trinajstić information content (AvgIpc) is 3.05. The van der Waals surface area contributed by atoms with Crippen LogP contribution < -0.4 is 4.74 Å². The lowest BCUT2D eigenvalue weighted by Crippen LogP contribution is -2.16. The Morgan fingerprint density at radius 1 is 0.435 bits per heavy atom. The van der Waals surface area contributed by atoms with Crippen LogP contribution in [0.1, 0.15) is 45.4 Å². The molecule has 0 aliphatic carbocycles. The zero-order valence-electron chi connectivity index (χ0n) is 26.2. The molecule has 0 saturated carbocycles. The van der Waals surface area contributed by atoms with Gasteiger partial charge in [0.2, 0.25) is 34.8 Å².